The summed E-state index contributed by atoms with van der Waals surface area (Å²) in [6.45, 7) is 12.2. The molecule has 1 unspecified atom stereocenters. The summed E-state index contributed by atoms with van der Waals surface area (Å²) in [5.74, 6) is 0. The van der Waals surface area contributed by atoms with Crippen LogP contribution in [0.3, 0.4) is 0 Å². The number of piperazine rings is 1. The molecule has 3 heteroatoms. The quantitative estimate of drug-likeness (QED) is 0.870. The van der Waals surface area contributed by atoms with Crippen LogP contribution in [0.15, 0.2) is 24.3 Å². The zero-order valence-corrected chi connectivity index (χ0v) is 12.4. The molecule has 3 N–H and O–H groups in total. The van der Waals surface area contributed by atoms with E-state index >= 15 is 0 Å². The Hall–Kier alpha value is -0.900. The zero-order valence-electron chi connectivity index (χ0n) is 12.4. The summed E-state index contributed by atoms with van der Waals surface area (Å²) in [7, 11) is 0. The van der Waals surface area contributed by atoms with Gasteiger partial charge < -0.3 is 16.0 Å². The highest BCUT2D eigenvalue weighted by atomic mass is 15.2. The van der Waals surface area contributed by atoms with E-state index in [0.29, 0.717) is 0 Å². The second kappa shape index (κ2) is 6.04. The van der Waals surface area contributed by atoms with Gasteiger partial charge in [-0.05, 0) is 17.9 Å². The smallest absolute Gasteiger partial charge is 0.0359 e. The van der Waals surface area contributed by atoms with Gasteiger partial charge in [0.1, 0.15) is 0 Å². The minimum atomic E-state index is 0.0861. The lowest BCUT2D eigenvalue weighted by Crippen LogP contribution is -2.49. The maximum Gasteiger partial charge on any atom is 0.0359 e. The fraction of sp³-hybridized carbons (Fsp3) is 0.625. The molecule has 1 aliphatic rings. The molecule has 0 bridgehead atoms. The Labute approximate surface area is 117 Å². The number of nitrogens with zero attached hydrogens (tertiary/aromatic N) is 1. The second-order valence-electron chi connectivity index (χ2n) is 6.40. The number of nitrogens with one attached hydrogen (secondary N) is 1. The molecule has 0 saturated carbocycles. The highest BCUT2D eigenvalue weighted by Gasteiger charge is 2.30. The Bertz CT molecular complexity index is 391. The summed E-state index contributed by atoms with van der Waals surface area (Å²) < 4.78 is 0. The first kappa shape index (κ1) is 14.5. The van der Waals surface area contributed by atoms with Crippen molar-refractivity contribution in [1.82, 2.24) is 10.2 Å². The van der Waals surface area contributed by atoms with Gasteiger partial charge in [-0.1, -0.05) is 43.7 Å². The van der Waals surface area contributed by atoms with E-state index in [0.717, 1.165) is 32.7 Å². The molecule has 0 radical (unpaired) electrons. The van der Waals surface area contributed by atoms with Crippen LogP contribution in [0.25, 0.3) is 0 Å². The van der Waals surface area contributed by atoms with Crippen LogP contribution in [-0.4, -0.2) is 37.6 Å². The third-order valence-electron chi connectivity index (χ3n) is 4.12. The predicted molar refractivity (Wildman–Crippen MR) is 81.2 cm³/mol. The van der Waals surface area contributed by atoms with Crippen LogP contribution in [0.4, 0.5) is 0 Å². The van der Waals surface area contributed by atoms with Crippen LogP contribution in [0, 0.1) is 12.3 Å². The van der Waals surface area contributed by atoms with E-state index < -0.39 is 0 Å². The number of benzene rings is 1. The number of hydrogen-bond acceptors (Lipinski definition) is 3. The van der Waals surface area contributed by atoms with Crippen LogP contribution in [0.1, 0.15) is 31.0 Å². The topological polar surface area (TPSA) is 41.3 Å². The lowest BCUT2D eigenvalue weighted by molar-refractivity contribution is 0.139. The van der Waals surface area contributed by atoms with E-state index in [1.807, 2.05) is 0 Å². The summed E-state index contributed by atoms with van der Waals surface area (Å²) in [5, 5.41) is 3.39. The van der Waals surface area contributed by atoms with E-state index in [4.69, 9.17) is 5.73 Å². The van der Waals surface area contributed by atoms with Crippen molar-refractivity contribution < 1.29 is 0 Å². The molecule has 1 aromatic carbocycles. The molecule has 1 aromatic rings. The molecule has 2 rings (SSSR count). The highest BCUT2D eigenvalue weighted by Crippen LogP contribution is 2.32. The van der Waals surface area contributed by atoms with Crippen molar-refractivity contribution in [2.45, 2.75) is 26.8 Å². The van der Waals surface area contributed by atoms with E-state index in [1.54, 1.807) is 0 Å². The van der Waals surface area contributed by atoms with Gasteiger partial charge in [0.15, 0.2) is 0 Å². The van der Waals surface area contributed by atoms with Crippen molar-refractivity contribution in [3.05, 3.63) is 35.4 Å². The molecule has 106 valence electrons. The fourth-order valence-corrected chi connectivity index (χ4v) is 2.77. The molecule has 19 heavy (non-hydrogen) atoms. The normalized spacial score (nSPS) is 19.4. The highest BCUT2D eigenvalue weighted by molar-refractivity contribution is 5.25. The Morgan fingerprint density at radius 1 is 1.21 bits per heavy atom. The fourth-order valence-electron chi connectivity index (χ4n) is 2.77. The molecule has 0 aliphatic carbocycles. The Balaban J connectivity index is 2.02. The average molecular weight is 261 g/mol. The first-order valence-electron chi connectivity index (χ1n) is 7.24. The third kappa shape index (κ3) is 3.78. The van der Waals surface area contributed by atoms with Gasteiger partial charge in [0.2, 0.25) is 0 Å². The maximum atomic E-state index is 6.50. The molecule has 0 spiro atoms. The predicted octanol–water partition coefficient (Wildman–Crippen LogP) is 1.93. The van der Waals surface area contributed by atoms with Crippen LogP contribution >= 0.6 is 0 Å². The van der Waals surface area contributed by atoms with Crippen LogP contribution in [0.5, 0.6) is 0 Å². The first-order valence-corrected chi connectivity index (χ1v) is 7.24. The van der Waals surface area contributed by atoms with Gasteiger partial charge in [-0.25, -0.2) is 0 Å². The number of aryl methyl sites for hydroxylation is 1. The molecule has 3 nitrogen and oxygen atoms in total. The largest absolute Gasteiger partial charge is 0.323 e. The van der Waals surface area contributed by atoms with Gasteiger partial charge in [0.05, 0.1) is 0 Å². The van der Waals surface area contributed by atoms with Crippen LogP contribution in [-0.2, 0) is 0 Å². The minimum absolute atomic E-state index is 0.0861. The molecular weight excluding hydrogens is 234 g/mol. The van der Waals surface area contributed by atoms with Crippen LogP contribution < -0.4 is 11.1 Å². The van der Waals surface area contributed by atoms with Crippen molar-refractivity contribution in [2.75, 3.05) is 32.7 Å². The lowest BCUT2D eigenvalue weighted by Gasteiger charge is -2.38. The number of hydrogen-bond donors (Lipinski definition) is 2. The van der Waals surface area contributed by atoms with Gasteiger partial charge in [-0.15, -0.1) is 0 Å². The summed E-state index contributed by atoms with van der Waals surface area (Å²) in [6, 6.07) is 8.72. The Morgan fingerprint density at radius 3 is 2.37 bits per heavy atom. The third-order valence-corrected chi connectivity index (χ3v) is 4.12. The molecule has 1 heterocycles. The molecular formula is C16H27N3. The van der Waals surface area contributed by atoms with Gasteiger partial charge in [-0.3, -0.25) is 0 Å². The van der Waals surface area contributed by atoms with Crippen molar-refractivity contribution in [2.24, 2.45) is 11.1 Å². The van der Waals surface area contributed by atoms with E-state index in [1.165, 1.54) is 11.1 Å². The summed E-state index contributed by atoms with van der Waals surface area (Å²) in [4.78, 5) is 2.52. The maximum absolute atomic E-state index is 6.50. The zero-order chi connectivity index (χ0) is 13.9. The number of nitrogens with two attached hydrogens (primary N) is 1. The van der Waals surface area contributed by atoms with Crippen molar-refractivity contribution in [1.29, 1.82) is 0 Å². The van der Waals surface area contributed by atoms with E-state index in [-0.39, 0.29) is 11.5 Å². The van der Waals surface area contributed by atoms with Gasteiger partial charge in [-0.2, -0.15) is 0 Å². The van der Waals surface area contributed by atoms with E-state index in [2.05, 4.69) is 55.3 Å². The Morgan fingerprint density at radius 2 is 1.79 bits per heavy atom. The molecule has 1 fully saturated rings. The summed E-state index contributed by atoms with van der Waals surface area (Å²) >= 11 is 0. The van der Waals surface area contributed by atoms with Crippen molar-refractivity contribution in [3.8, 4) is 0 Å². The SMILES string of the molecule is Cc1ccc(C(N)C(C)(C)CN2CCNCC2)cc1. The summed E-state index contributed by atoms with van der Waals surface area (Å²) in [6.07, 6.45) is 0. The molecule has 1 aliphatic heterocycles. The van der Waals surface area contributed by atoms with Gasteiger partial charge >= 0.3 is 0 Å². The monoisotopic (exact) mass is 261 g/mol. The molecule has 0 amide bonds. The second-order valence-corrected chi connectivity index (χ2v) is 6.40. The molecule has 1 atom stereocenters. The summed E-state index contributed by atoms with van der Waals surface area (Å²) in [5.41, 5.74) is 9.12. The van der Waals surface area contributed by atoms with Crippen molar-refractivity contribution >= 4 is 0 Å². The van der Waals surface area contributed by atoms with Gasteiger partial charge in [0.25, 0.3) is 0 Å². The van der Waals surface area contributed by atoms with Crippen molar-refractivity contribution in [3.63, 3.8) is 0 Å². The van der Waals surface area contributed by atoms with Gasteiger partial charge in [0, 0.05) is 38.8 Å². The molecule has 0 aromatic heterocycles. The van der Waals surface area contributed by atoms with E-state index in [9.17, 15) is 0 Å². The average Bonchev–Trinajstić information content (AvgIpc) is 2.39. The molecule has 1 saturated heterocycles. The Kier molecular flexibility index (Phi) is 4.61. The first-order chi connectivity index (χ1) is 8.99. The lowest BCUT2D eigenvalue weighted by atomic mass is 9.80. The van der Waals surface area contributed by atoms with Crippen LogP contribution in [0.2, 0.25) is 0 Å². The number of rotatable bonds is 4. The minimum Gasteiger partial charge on any atom is -0.323 e. The standard InChI is InChI=1S/C16H27N3/c1-13-4-6-14(7-5-13)15(17)16(2,3)12-19-10-8-18-9-11-19/h4-7,15,18H,8-12,17H2,1-3H3.